The fraction of sp³-hybridized carbons (Fsp3) is 0.467. The quantitative estimate of drug-likeness (QED) is 0.778. The summed E-state index contributed by atoms with van der Waals surface area (Å²) in [5.41, 5.74) is 9.41. The molecule has 7 heteroatoms. The number of H-pyrrole nitrogens is 1. The van der Waals surface area contributed by atoms with Crippen LogP contribution in [0.15, 0.2) is 6.07 Å². The van der Waals surface area contributed by atoms with Crippen LogP contribution in [0.2, 0.25) is 0 Å². The molecule has 2 aromatic rings. The molecule has 1 aliphatic carbocycles. The number of nitrogens with zero attached hydrogens (tertiary/aromatic N) is 3. The number of aryl methyl sites for hydroxylation is 2. The number of aromatic amines is 1. The predicted octanol–water partition coefficient (Wildman–Crippen LogP) is 0.942. The lowest BCUT2D eigenvalue weighted by Crippen LogP contribution is -2.27. The summed E-state index contributed by atoms with van der Waals surface area (Å²) >= 11 is 0. The van der Waals surface area contributed by atoms with Crippen LogP contribution in [-0.2, 0) is 19.3 Å². The molecule has 0 fully saturated rings. The molecular weight excluding hydrogens is 280 g/mol. The standard InChI is InChI=1S/C15H20N6O/c1-9-10-4-2-3-5-11(10)19-14(18-9)6-7-17-15(22)12-8-13(16)21-20-12/h8H,2-7H2,1H3,(H,17,22)(H3,16,20,21). The molecule has 22 heavy (non-hydrogen) atoms. The van der Waals surface area contributed by atoms with E-state index in [0.717, 1.165) is 24.4 Å². The summed E-state index contributed by atoms with van der Waals surface area (Å²) in [5, 5.41) is 9.13. The average Bonchev–Trinajstić information content (AvgIpc) is 2.94. The Morgan fingerprint density at radius 1 is 1.36 bits per heavy atom. The Labute approximate surface area is 128 Å². The van der Waals surface area contributed by atoms with Crippen molar-refractivity contribution in [3.63, 3.8) is 0 Å². The van der Waals surface area contributed by atoms with Gasteiger partial charge in [0.15, 0.2) is 0 Å². The summed E-state index contributed by atoms with van der Waals surface area (Å²) in [7, 11) is 0. The zero-order valence-electron chi connectivity index (χ0n) is 12.6. The Kier molecular flexibility index (Phi) is 4.04. The van der Waals surface area contributed by atoms with Crippen molar-refractivity contribution in [1.82, 2.24) is 25.5 Å². The predicted molar refractivity (Wildman–Crippen MR) is 82.4 cm³/mol. The molecule has 0 saturated carbocycles. The molecule has 4 N–H and O–H groups in total. The lowest BCUT2D eigenvalue weighted by molar-refractivity contribution is 0.0949. The first-order valence-electron chi connectivity index (χ1n) is 7.58. The number of nitrogens with two attached hydrogens (primary N) is 1. The van der Waals surface area contributed by atoms with Crippen molar-refractivity contribution in [2.75, 3.05) is 12.3 Å². The molecule has 2 aromatic heterocycles. The molecule has 116 valence electrons. The molecule has 0 bridgehead atoms. The Bertz CT molecular complexity index is 693. The van der Waals surface area contributed by atoms with Crippen molar-refractivity contribution in [2.45, 2.75) is 39.0 Å². The molecule has 3 rings (SSSR count). The highest BCUT2D eigenvalue weighted by Crippen LogP contribution is 2.21. The van der Waals surface area contributed by atoms with E-state index in [1.54, 1.807) is 0 Å². The van der Waals surface area contributed by atoms with Gasteiger partial charge in [0.2, 0.25) is 0 Å². The van der Waals surface area contributed by atoms with Crippen LogP contribution in [0.4, 0.5) is 5.82 Å². The molecule has 2 heterocycles. The number of carbonyl (C=O) groups excluding carboxylic acids is 1. The largest absolute Gasteiger partial charge is 0.382 e. The van der Waals surface area contributed by atoms with Gasteiger partial charge in [0, 0.05) is 30.4 Å². The third-order valence-corrected chi connectivity index (χ3v) is 3.91. The van der Waals surface area contributed by atoms with Crippen molar-refractivity contribution in [3.8, 4) is 0 Å². The number of carbonyl (C=O) groups is 1. The zero-order valence-corrected chi connectivity index (χ0v) is 12.6. The third-order valence-electron chi connectivity index (χ3n) is 3.91. The van der Waals surface area contributed by atoms with E-state index in [4.69, 9.17) is 5.73 Å². The third kappa shape index (κ3) is 3.08. The molecule has 1 aliphatic rings. The van der Waals surface area contributed by atoms with Crippen molar-refractivity contribution in [1.29, 1.82) is 0 Å². The number of hydrogen-bond acceptors (Lipinski definition) is 5. The van der Waals surface area contributed by atoms with Crippen molar-refractivity contribution in [3.05, 3.63) is 34.5 Å². The van der Waals surface area contributed by atoms with Gasteiger partial charge in [-0.1, -0.05) is 0 Å². The molecule has 0 atom stereocenters. The fourth-order valence-electron chi connectivity index (χ4n) is 2.79. The number of aromatic nitrogens is 4. The second kappa shape index (κ2) is 6.13. The van der Waals surface area contributed by atoms with Crippen LogP contribution in [0, 0.1) is 6.92 Å². The van der Waals surface area contributed by atoms with E-state index in [-0.39, 0.29) is 5.91 Å². The summed E-state index contributed by atoms with van der Waals surface area (Å²) in [4.78, 5) is 21.1. The molecule has 0 saturated heterocycles. The number of anilines is 1. The van der Waals surface area contributed by atoms with Crippen molar-refractivity contribution in [2.24, 2.45) is 0 Å². The lowest BCUT2D eigenvalue weighted by atomic mass is 9.95. The first-order chi connectivity index (χ1) is 10.6. The van der Waals surface area contributed by atoms with Crippen LogP contribution >= 0.6 is 0 Å². The molecule has 1 amide bonds. The first kappa shape index (κ1) is 14.5. The molecule has 0 radical (unpaired) electrons. The molecule has 0 aliphatic heterocycles. The summed E-state index contributed by atoms with van der Waals surface area (Å²) in [6.45, 7) is 2.53. The summed E-state index contributed by atoms with van der Waals surface area (Å²) in [5.74, 6) is 0.875. The normalized spacial score (nSPS) is 13.7. The summed E-state index contributed by atoms with van der Waals surface area (Å²) < 4.78 is 0. The van der Waals surface area contributed by atoms with Gasteiger partial charge >= 0.3 is 0 Å². The number of nitrogens with one attached hydrogen (secondary N) is 2. The number of fused-ring (bicyclic) bond motifs is 1. The molecule has 0 unspecified atom stereocenters. The topological polar surface area (TPSA) is 110 Å². The lowest BCUT2D eigenvalue weighted by Gasteiger charge is -2.17. The van der Waals surface area contributed by atoms with E-state index in [9.17, 15) is 4.79 Å². The monoisotopic (exact) mass is 300 g/mol. The number of rotatable bonds is 4. The number of amides is 1. The number of hydrogen-bond donors (Lipinski definition) is 3. The maximum atomic E-state index is 11.9. The van der Waals surface area contributed by atoms with Gasteiger partial charge in [-0.05, 0) is 38.2 Å². The summed E-state index contributed by atoms with van der Waals surface area (Å²) in [6.07, 6.45) is 5.15. The molecule has 0 spiro atoms. The molecular formula is C15H20N6O. The first-order valence-corrected chi connectivity index (χ1v) is 7.58. The Morgan fingerprint density at radius 3 is 2.95 bits per heavy atom. The van der Waals surface area contributed by atoms with E-state index in [1.807, 2.05) is 6.92 Å². The van der Waals surface area contributed by atoms with E-state index in [2.05, 4.69) is 25.5 Å². The minimum absolute atomic E-state index is 0.223. The van der Waals surface area contributed by atoms with E-state index >= 15 is 0 Å². The highest BCUT2D eigenvalue weighted by atomic mass is 16.1. The van der Waals surface area contributed by atoms with E-state index < -0.39 is 0 Å². The van der Waals surface area contributed by atoms with Crippen LogP contribution < -0.4 is 11.1 Å². The van der Waals surface area contributed by atoms with Crippen LogP contribution in [-0.4, -0.2) is 32.6 Å². The van der Waals surface area contributed by atoms with Crippen LogP contribution in [0.5, 0.6) is 0 Å². The van der Waals surface area contributed by atoms with Gasteiger partial charge in [-0.2, -0.15) is 5.10 Å². The van der Waals surface area contributed by atoms with Gasteiger partial charge in [-0.25, -0.2) is 9.97 Å². The average molecular weight is 300 g/mol. The zero-order chi connectivity index (χ0) is 15.5. The smallest absolute Gasteiger partial charge is 0.269 e. The van der Waals surface area contributed by atoms with Gasteiger partial charge in [0.1, 0.15) is 17.3 Å². The van der Waals surface area contributed by atoms with Crippen molar-refractivity contribution >= 4 is 11.7 Å². The van der Waals surface area contributed by atoms with Gasteiger partial charge in [-0.3, -0.25) is 9.89 Å². The second-order valence-corrected chi connectivity index (χ2v) is 5.57. The minimum Gasteiger partial charge on any atom is -0.382 e. The molecule has 7 nitrogen and oxygen atoms in total. The number of nitrogen functional groups attached to an aromatic ring is 1. The fourth-order valence-corrected chi connectivity index (χ4v) is 2.79. The highest BCUT2D eigenvalue weighted by Gasteiger charge is 2.15. The Balaban J connectivity index is 1.60. The van der Waals surface area contributed by atoms with Gasteiger partial charge in [0.25, 0.3) is 5.91 Å². The SMILES string of the molecule is Cc1nc(CCNC(=O)c2cc(N)n[nH]2)nc2c1CCCC2. The Hall–Kier alpha value is -2.44. The van der Waals surface area contributed by atoms with Crippen molar-refractivity contribution < 1.29 is 4.79 Å². The van der Waals surface area contributed by atoms with E-state index in [0.29, 0.717) is 24.5 Å². The maximum absolute atomic E-state index is 11.9. The van der Waals surface area contributed by atoms with Crippen LogP contribution in [0.25, 0.3) is 0 Å². The summed E-state index contributed by atoms with van der Waals surface area (Å²) in [6, 6.07) is 1.51. The van der Waals surface area contributed by atoms with Gasteiger partial charge in [0.05, 0.1) is 0 Å². The van der Waals surface area contributed by atoms with Crippen LogP contribution in [0.3, 0.4) is 0 Å². The Morgan fingerprint density at radius 2 is 2.18 bits per heavy atom. The van der Waals surface area contributed by atoms with Gasteiger partial charge < -0.3 is 11.1 Å². The van der Waals surface area contributed by atoms with E-state index in [1.165, 1.54) is 30.2 Å². The second-order valence-electron chi connectivity index (χ2n) is 5.57. The van der Waals surface area contributed by atoms with Crippen LogP contribution in [0.1, 0.15) is 46.1 Å². The minimum atomic E-state index is -0.223. The molecule has 0 aromatic carbocycles. The van der Waals surface area contributed by atoms with Gasteiger partial charge in [-0.15, -0.1) is 0 Å². The maximum Gasteiger partial charge on any atom is 0.269 e. The highest BCUT2D eigenvalue weighted by molar-refractivity contribution is 5.92.